The lowest BCUT2D eigenvalue weighted by Crippen LogP contribution is -2.53. The fourth-order valence-corrected chi connectivity index (χ4v) is 4.31. The Morgan fingerprint density at radius 2 is 2.09 bits per heavy atom. The number of benzene rings is 1. The van der Waals surface area contributed by atoms with Gasteiger partial charge in [-0.1, -0.05) is 6.07 Å². The minimum atomic E-state index is -4.03. The highest BCUT2D eigenvalue weighted by atomic mass is 32.2. The molecule has 6 nitrogen and oxygen atoms in total. The van der Waals surface area contributed by atoms with Gasteiger partial charge in [-0.25, -0.2) is 12.8 Å². The van der Waals surface area contributed by atoms with E-state index < -0.39 is 27.9 Å². The second kappa shape index (κ2) is 6.31. The number of halogens is 1. The van der Waals surface area contributed by atoms with Gasteiger partial charge in [-0.05, 0) is 45.1 Å². The van der Waals surface area contributed by atoms with Gasteiger partial charge in [0.25, 0.3) is 0 Å². The summed E-state index contributed by atoms with van der Waals surface area (Å²) in [6.07, 6.45) is 0.738. The van der Waals surface area contributed by atoms with Crippen molar-refractivity contribution in [1.29, 1.82) is 0 Å². The van der Waals surface area contributed by atoms with Gasteiger partial charge in [0.05, 0.1) is 4.90 Å². The topological polar surface area (TPSA) is 77.9 Å². The molecule has 0 aliphatic carbocycles. The largest absolute Gasteiger partial charge is 0.480 e. The minimum Gasteiger partial charge on any atom is -0.480 e. The Morgan fingerprint density at radius 1 is 1.41 bits per heavy atom. The molecule has 0 spiro atoms. The molecule has 1 aromatic carbocycles. The summed E-state index contributed by atoms with van der Waals surface area (Å²) in [6.45, 7) is 0.0959. The Balaban J connectivity index is 2.35. The molecule has 1 heterocycles. The van der Waals surface area contributed by atoms with E-state index in [9.17, 15) is 22.7 Å². The SMILES string of the molecule is CN(C)[C@@H]1CCN(S(=O)(=O)c2cccc(F)c2)[C@H](C(=O)O)C1. The summed E-state index contributed by atoms with van der Waals surface area (Å²) in [7, 11) is -0.367. The van der Waals surface area contributed by atoms with E-state index >= 15 is 0 Å². The summed E-state index contributed by atoms with van der Waals surface area (Å²) in [4.78, 5) is 13.1. The Hall–Kier alpha value is -1.51. The van der Waals surface area contributed by atoms with Crippen molar-refractivity contribution in [2.45, 2.75) is 29.8 Å². The predicted molar refractivity (Wildman–Crippen MR) is 78.4 cm³/mol. The third-order valence-electron chi connectivity index (χ3n) is 3.94. The van der Waals surface area contributed by atoms with E-state index in [0.29, 0.717) is 6.42 Å². The zero-order valence-corrected chi connectivity index (χ0v) is 13.3. The maximum absolute atomic E-state index is 13.3. The fourth-order valence-electron chi connectivity index (χ4n) is 2.67. The molecule has 0 unspecified atom stereocenters. The zero-order chi connectivity index (χ0) is 16.5. The van der Waals surface area contributed by atoms with E-state index in [1.165, 1.54) is 12.1 Å². The van der Waals surface area contributed by atoms with Crippen molar-refractivity contribution in [3.05, 3.63) is 30.1 Å². The maximum atomic E-state index is 13.3. The molecule has 1 saturated heterocycles. The van der Waals surface area contributed by atoms with Gasteiger partial charge in [-0.2, -0.15) is 4.31 Å². The van der Waals surface area contributed by atoms with Crippen LogP contribution in [0.25, 0.3) is 0 Å². The lowest BCUT2D eigenvalue weighted by Gasteiger charge is -2.38. The molecule has 1 aromatic rings. The number of aliphatic carboxylic acids is 1. The summed E-state index contributed by atoms with van der Waals surface area (Å²) < 4.78 is 39.5. The number of carboxylic acids is 1. The Labute approximate surface area is 129 Å². The average Bonchev–Trinajstić information content (AvgIpc) is 2.46. The van der Waals surface area contributed by atoms with Crippen molar-refractivity contribution >= 4 is 16.0 Å². The molecule has 122 valence electrons. The Morgan fingerprint density at radius 3 is 2.64 bits per heavy atom. The molecule has 1 aliphatic rings. The molecular weight excluding hydrogens is 311 g/mol. The highest BCUT2D eigenvalue weighted by molar-refractivity contribution is 7.89. The Bertz CT molecular complexity index is 663. The van der Waals surface area contributed by atoms with Crippen LogP contribution in [-0.2, 0) is 14.8 Å². The van der Waals surface area contributed by atoms with E-state index in [-0.39, 0.29) is 23.9 Å². The van der Waals surface area contributed by atoms with Crippen molar-refractivity contribution in [2.75, 3.05) is 20.6 Å². The van der Waals surface area contributed by atoms with Crippen LogP contribution in [0.2, 0.25) is 0 Å². The number of nitrogens with zero attached hydrogens (tertiary/aromatic N) is 2. The zero-order valence-electron chi connectivity index (χ0n) is 12.4. The highest BCUT2D eigenvalue weighted by Crippen LogP contribution is 2.27. The molecular formula is C14H19FN2O4S. The number of sulfonamides is 1. The number of carboxylic acid groups (broad SMARTS) is 1. The van der Waals surface area contributed by atoms with Gasteiger partial charge in [-0.3, -0.25) is 4.79 Å². The van der Waals surface area contributed by atoms with Crippen LogP contribution in [0.3, 0.4) is 0 Å². The molecule has 2 atom stereocenters. The first kappa shape index (κ1) is 16.9. The van der Waals surface area contributed by atoms with Crippen LogP contribution >= 0.6 is 0 Å². The molecule has 1 aliphatic heterocycles. The van der Waals surface area contributed by atoms with Gasteiger partial charge in [-0.15, -0.1) is 0 Å². The van der Waals surface area contributed by atoms with Crippen molar-refractivity contribution in [2.24, 2.45) is 0 Å². The molecule has 0 amide bonds. The molecule has 2 rings (SSSR count). The third-order valence-corrected chi connectivity index (χ3v) is 5.85. The lowest BCUT2D eigenvalue weighted by atomic mass is 9.99. The molecule has 1 fully saturated rings. The second-order valence-electron chi connectivity index (χ2n) is 5.57. The number of carbonyl (C=O) groups is 1. The van der Waals surface area contributed by atoms with Crippen LogP contribution < -0.4 is 0 Å². The average molecular weight is 330 g/mol. The number of rotatable bonds is 4. The first-order chi connectivity index (χ1) is 10.2. The molecule has 0 saturated carbocycles. The fraction of sp³-hybridized carbons (Fsp3) is 0.500. The van der Waals surface area contributed by atoms with E-state index in [0.717, 1.165) is 16.4 Å². The number of hydrogen-bond donors (Lipinski definition) is 1. The number of hydrogen-bond acceptors (Lipinski definition) is 4. The van der Waals surface area contributed by atoms with Gasteiger partial charge in [0.15, 0.2) is 0 Å². The van der Waals surface area contributed by atoms with Crippen LogP contribution in [0.15, 0.2) is 29.2 Å². The van der Waals surface area contributed by atoms with Crippen molar-refractivity contribution in [3.8, 4) is 0 Å². The summed E-state index contributed by atoms with van der Waals surface area (Å²) in [5.74, 6) is -1.86. The van der Waals surface area contributed by atoms with E-state index in [1.807, 2.05) is 19.0 Å². The van der Waals surface area contributed by atoms with Gasteiger partial charge in [0, 0.05) is 12.6 Å². The van der Waals surface area contributed by atoms with Gasteiger partial charge < -0.3 is 10.0 Å². The van der Waals surface area contributed by atoms with Crippen LogP contribution in [0, 0.1) is 5.82 Å². The van der Waals surface area contributed by atoms with Gasteiger partial charge >= 0.3 is 5.97 Å². The Kier molecular flexibility index (Phi) is 4.84. The van der Waals surface area contributed by atoms with Crippen molar-refractivity contribution in [3.63, 3.8) is 0 Å². The van der Waals surface area contributed by atoms with E-state index in [2.05, 4.69) is 0 Å². The predicted octanol–water partition coefficient (Wildman–Crippen LogP) is 0.994. The minimum absolute atomic E-state index is 0.0000551. The molecule has 22 heavy (non-hydrogen) atoms. The lowest BCUT2D eigenvalue weighted by molar-refractivity contribution is -0.143. The van der Waals surface area contributed by atoms with Crippen LogP contribution in [0.5, 0.6) is 0 Å². The third kappa shape index (κ3) is 3.29. The van der Waals surface area contributed by atoms with Crippen molar-refractivity contribution < 1.29 is 22.7 Å². The smallest absolute Gasteiger partial charge is 0.322 e. The summed E-state index contributed by atoms with van der Waals surface area (Å²) >= 11 is 0. The van der Waals surface area contributed by atoms with Gasteiger partial charge in [0.1, 0.15) is 11.9 Å². The standard InChI is InChI=1S/C14H19FN2O4S/c1-16(2)11-6-7-17(13(9-11)14(18)19)22(20,21)12-5-3-4-10(15)8-12/h3-5,8,11,13H,6-7,9H2,1-2H3,(H,18,19)/t11-,13+/m1/s1. The molecule has 0 aromatic heterocycles. The van der Waals surface area contributed by atoms with E-state index in [4.69, 9.17) is 0 Å². The number of piperidine rings is 1. The van der Waals surface area contributed by atoms with Crippen LogP contribution in [0.1, 0.15) is 12.8 Å². The van der Waals surface area contributed by atoms with Crippen LogP contribution in [0.4, 0.5) is 4.39 Å². The van der Waals surface area contributed by atoms with Crippen LogP contribution in [-0.4, -0.2) is 61.4 Å². The molecule has 0 bridgehead atoms. The normalized spacial score (nSPS) is 23.6. The first-order valence-corrected chi connectivity index (χ1v) is 8.34. The first-order valence-electron chi connectivity index (χ1n) is 6.90. The second-order valence-corrected chi connectivity index (χ2v) is 7.46. The summed E-state index contributed by atoms with van der Waals surface area (Å²) in [5.41, 5.74) is 0. The van der Waals surface area contributed by atoms with Gasteiger partial charge in [0.2, 0.25) is 10.0 Å². The summed E-state index contributed by atoms with van der Waals surface area (Å²) in [5, 5.41) is 9.37. The monoisotopic (exact) mass is 330 g/mol. The summed E-state index contributed by atoms with van der Waals surface area (Å²) in [6, 6.07) is 3.48. The molecule has 1 N–H and O–H groups in total. The highest BCUT2D eigenvalue weighted by Gasteiger charge is 2.41. The van der Waals surface area contributed by atoms with Crippen molar-refractivity contribution in [1.82, 2.24) is 9.21 Å². The molecule has 8 heteroatoms. The quantitative estimate of drug-likeness (QED) is 0.891. The molecule has 0 radical (unpaired) electrons. The maximum Gasteiger partial charge on any atom is 0.322 e. The van der Waals surface area contributed by atoms with E-state index in [1.54, 1.807) is 0 Å².